The van der Waals surface area contributed by atoms with Gasteiger partial charge in [0.25, 0.3) is 5.91 Å². The maximum absolute atomic E-state index is 12.5. The fourth-order valence-electron chi connectivity index (χ4n) is 3.38. The molecule has 1 aliphatic heterocycles. The van der Waals surface area contributed by atoms with Gasteiger partial charge in [0, 0.05) is 12.4 Å². The first-order valence-corrected chi connectivity index (χ1v) is 9.60. The van der Waals surface area contributed by atoms with Crippen molar-refractivity contribution >= 4 is 11.7 Å². The number of piperidine rings is 1. The summed E-state index contributed by atoms with van der Waals surface area (Å²) >= 11 is 0. The molecule has 4 heterocycles. The monoisotopic (exact) mass is 380 g/mol. The highest BCUT2D eigenvalue weighted by molar-refractivity contribution is 6.01. The van der Waals surface area contributed by atoms with Crippen LogP contribution in [0, 0.1) is 6.92 Å². The number of likely N-dealkylation sites (tertiary alicyclic amines) is 1. The second kappa shape index (κ2) is 8.35. The van der Waals surface area contributed by atoms with Crippen LogP contribution in [-0.4, -0.2) is 43.9 Å². The van der Waals surface area contributed by atoms with Gasteiger partial charge in [-0.3, -0.25) is 14.7 Å². The number of pyridine rings is 1. The molecule has 28 heavy (non-hydrogen) atoms. The van der Waals surface area contributed by atoms with E-state index in [1.54, 1.807) is 23.1 Å². The Kier molecular flexibility index (Phi) is 5.48. The first kappa shape index (κ1) is 18.4. The fraction of sp³-hybridized carbons (Fsp3) is 0.400. The van der Waals surface area contributed by atoms with Crippen molar-refractivity contribution in [3.63, 3.8) is 0 Å². The standard InChI is InChI=1S/C20H24N6O2/c1-15-19(23-24-26(15)13-16-7-9-21-10-8-16)22-20(27)18-6-5-17(28-18)14-25-11-3-2-4-12-25/h5-10H,2-4,11-14H2,1H3,(H,22,27). The minimum Gasteiger partial charge on any atom is -0.455 e. The molecule has 0 aromatic carbocycles. The molecule has 0 aliphatic carbocycles. The van der Waals surface area contributed by atoms with Gasteiger partial charge in [0.1, 0.15) is 5.76 Å². The summed E-state index contributed by atoms with van der Waals surface area (Å²) in [6, 6.07) is 7.43. The predicted molar refractivity (Wildman–Crippen MR) is 104 cm³/mol. The molecule has 3 aromatic rings. The van der Waals surface area contributed by atoms with Gasteiger partial charge in [-0.2, -0.15) is 0 Å². The zero-order valence-electron chi connectivity index (χ0n) is 16.0. The van der Waals surface area contributed by atoms with Crippen molar-refractivity contribution < 1.29 is 9.21 Å². The summed E-state index contributed by atoms with van der Waals surface area (Å²) in [5, 5.41) is 11.0. The van der Waals surface area contributed by atoms with Gasteiger partial charge in [-0.1, -0.05) is 11.6 Å². The number of carbonyl (C=O) groups excluding carboxylic acids is 1. The quantitative estimate of drug-likeness (QED) is 0.707. The van der Waals surface area contributed by atoms with E-state index in [2.05, 4.69) is 25.5 Å². The van der Waals surface area contributed by atoms with E-state index in [4.69, 9.17) is 4.42 Å². The first-order chi connectivity index (χ1) is 13.7. The third kappa shape index (κ3) is 4.28. The molecule has 0 saturated carbocycles. The van der Waals surface area contributed by atoms with Crippen LogP contribution in [0.3, 0.4) is 0 Å². The first-order valence-electron chi connectivity index (χ1n) is 9.60. The number of aromatic nitrogens is 4. The summed E-state index contributed by atoms with van der Waals surface area (Å²) in [5.41, 5.74) is 1.85. The van der Waals surface area contributed by atoms with Crippen LogP contribution in [0.25, 0.3) is 0 Å². The zero-order valence-corrected chi connectivity index (χ0v) is 16.0. The van der Waals surface area contributed by atoms with Gasteiger partial charge in [0.05, 0.1) is 18.8 Å². The number of hydrogen-bond donors (Lipinski definition) is 1. The van der Waals surface area contributed by atoms with Crippen LogP contribution in [0.15, 0.2) is 41.1 Å². The molecule has 0 unspecified atom stereocenters. The van der Waals surface area contributed by atoms with Crippen LogP contribution >= 0.6 is 0 Å². The number of carbonyl (C=O) groups is 1. The lowest BCUT2D eigenvalue weighted by Gasteiger charge is -2.25. The molecule has 3 aromatic heterocycles. The molecule has 146 valence electrons. The number of nitrogens with zero attached hydrogens (tertiary/aromatic N) is 5. The van der Waals surface area contributed by atoms with E-state index in [-0.39, 0.29) is 11.7 Å². The second-order valence-corrected chi connectivity index (χ2v) is 7.09. The van der Waals surface area contributed by atoms with Crippen molar-refractivity contribution in [3.05, 3.63) is 59.4 Å². The van der Waals surface area contributed by atoms with Crippen LogP contribution in [-0.2, 0) is 13.1 Å². The van der Waals surface area contributed by atoms with Crippen LogP contribution in [0.4, 0.5) is 5.82 Å². The Bertz CT molecular complexity index is 927. The molecule has 0 radical (unpaired) electrons. The minimum absolute atomic E-state index is 0.287. The number of amides is 1. The molecule has 8 heteroatoms. The van der Waals surface area contributed by atoms with E-state index in [1.165, 1.54) is 19.3 Å². The van der Waals surface area contributed by atoms with Crippen LogP contribution in [0.5, 0.6) is 0 Å². The van der Waals surface area contributed by atoms with Crippen molar-refractivity contribution in [3.8, 4) is 0 Å². The van der Waals surface area contributed by atoms with Crippen molar-refractivity contribution in [2.75, 3.05) is 18.4 Å². The van der Waals surface area contributed by atoms with E-state index in [0.29, 0.717) is 12.4 Å². The molecule has 0 bridgehead atoms. The normalized spacial score (nSPS) is 14.9. The smallest absolute Gasteiger partial charge is 0.292 e. The van der Waals surface area contributed by atoms with Crippen LogP contribution < -0.4 is 5.32 Å². The third-order valence-corrected chi connectivity index (χ3v) is 5.01. The lowest BCUT2D eigenvalue weighted by molar-refractivity contribution is 0.0991. The van der Waals surface area contributed by atoms with Crippen molar-refractivity contribution in [2.45, 2.75) is 39.3 Å². The molecular formula is C20H24N6O2. The average Bonchev–Trinajstić information content (AvgIpc) is 3.32. The lowest BCUT2D eigenvalue weighted by Crippen LogP contribution is -2.28. The molecule has 0 spiro atoms. The van der Waals surface area contributed by atoms with E-state index >= 15 is 0 Å². The SMILES string of the molecule is Cc1c(NC(=O)c2ccc(CN3CCCCC3)o2)nnn1Cc1ccncc1. The number of rotatable bonds is 6. The summed E-state index contributed by atoms with van der Waals surface area (Å²) in [7, 11) is 0. The molecule has 1 fully saturated rings. The van der Waals surface area contributed by atoms with Crippen molar-refractivity contribution in [1.29, 1.82) is 0 Å². The summed E-state index contributed by atoms with van der Waals surface area (Å²) < 4.78 is 7.49. The van der Waals surface area contributed by atoms with Crippen LogP contribution in [0.1, 0.15) is 46.8 Å². The highest BCUT2D eigenvalue weighted by Gasteiger charge is 2.18. The molecule has 0 atom stereocenters. The molecule has 1 amide bonds. The highest BCUT2D eigenvalue weighted by Crippen LogP contribution is 2.17. The Morgan fingerprint density at radius 3 is 2.68 bits per heavy atom. The van der Waals surface area contributed by atoms with E-state index < -0.39 is 0 Å². The Morgan fingerprint density at radius 2 is 1.89 bits per heavy atom. The molecule has 4 rings (SSSR count). The van der Waals surface area contributed by atoms with Gasteiger partial charge in [-0.15, -0.1) is 5.10 Å². The largest absolute Gasteiger partial charge is 0.455 e. The Morgan fingerprint density at radius 1 is 1.11 bits per heavy atom. The Labute approximate surface area is 163 Å². The molecule has 1 saturated heterocycles. The lowest BCUT2D eigenvalue weighted by atomic mass is 10.1. The third-order valence-electron chi connectivity index (χ3n) is 5.01. The van der Waals surface area contributed by atoms with Gasteiger partial charge in [-0.05, 0) is 62.7 Å². The zero-order chi connectivity index (χ0) is 19.3. The minimum atomic E-state index is -0.316. The van der Waals surface area contributed by atoms with Gasteiger partial charge in [0.15, 0.2) is 11.6 Å². The van der Waals surface area contributed by atoms with E-state index in [0.717, 1.165) is 36.7 Å². The fourth-order valence-corrected chi connectivity index (χ4v) is 3.38. The molecule has 1 aliphatic rings. The maximum Gasteiger partial charge on any atom is 0.292 e. The number of hydrogen-bond acceptors (Lipinski definition) is 6. The number of furan rings is 1. The Balaban J connectivity index is 1.38. The maximum atomic E-state index is 12.5. The van der Waals surface area contributed by atoms with E-state index in [1.807, 2.05) is 25.1 Å². The van der Waals surface area contributed by atoms with Gasteiger partial charge in [0.2, 0.25) is 0 Å². The van der Waals surface area contributed by atoms with Gasteiger partial charge >= 0.3 is 0 Å². The molecular weight excluding hydrogens is 356 g/mol. The highest BCUT2D eigenvalue weighted by atomic mass is 16.4. The summed E-state index contributed by atoms with van der Waals surface area (Å²) in [6.07, 6.45) is 7.22. The summed E-state index contributed by atoms with van der Waals surface area (Å²) in [6.45, 7) is 5.36. The topological polar surface area (TPSA) is 89.1 Å². The van der Waals surface area contributed by atoms with Crippen molar-refractivity contribution in [2.24, 2.45) is 0 Å². The second-order valence-electron chi connectivity index (χ2n) is 7.09. The molecule has 8 nitrogen and oxygen atoms in total. The van der Waals surface area contributed by atoms with Gasteiger partial charge < -0.3 is 9.73 Å². The molecule has 1 N–H and O–H groups in total. The number of anilines is 1. The predicted octanol–water partition coefficient (Wildman–Crippen LogP) is 2.86. The number of nitrogens with one attached hydrogen (secondary N) is 1. The summed E-state index contributed by atoms with van der Waals surface area (Å²) in [4.78, 5) is 18.9. The van der Waals surface area contributed by atoms with Gasteiger partial charge in [-0.25, -0.2) is 4.68 Å². The van der Waals surface area contributed by atoms with Crippen molar-refractivity contribution in [1.82, 2.24) is 24.9 Å². The van der Waals surface area contributed by atoms with E-state index in [9.17, 15) is 4.79 Å². The van der Waals surface area contributed by atoms with Crippen LogP contribution in [0.2, 0.25) is 0 Å². The Hall–Kier alpha value is -3.00. The summed E-state index contributed by atoms with van der Waals surface area (Å²) in [5.74, 6) is 1.22. The average molecular weight is 380 g/mol.